The van der Waals surface area contributed by atoms with E-state index in [0.29, 0.717) is 39.1 Å². The summed E-state index contributed by atoms with van der Waals surface area (Å²) in [7, 11) is 0. The first-order chi connectivity index (χ1) is 15.8. The van der Waals surface area contributed by atoms with Crippen LogP contribution in [0.25, 0.3) is 16.6 Å². The van der Waals surface area contributed by atoms with Gasteiger partial charge in [-0.2, -0.15) is 17.7 Å². The predicted molar refractivity (Wildman–Crippen MR) is 115 cm³/mol. The van der Waals surface area contributed by atoms with Crippen LogP contribution in [0.15, 0.2) is 53.2 Å². The minimum absolute atomic E-state index is 0.264. The first kappa shape index (κ1) is 20.5. The lowest BCUT2D eigenvalue weighted by atomic mass is 10.1. The molecule has 0 atom stereocenters. The minimum atomic E-state index is -4.44. The molecule has 5 rings (SSSR count). The molecule has 0 aliphatic carbocycles. The van der Waals surface area contributed by atoms with Crippen molar-refractivity contribution < 1.29 is 17.7 Å². The zero-order valence-electron chi connectivity index (χ0n) is 17.4. The number of pyridine rings is 1. The van der Waals surface area contributed by atoms with Crippen molar-refractivity contribution in [3.63, 3.8) is 0 Å². The summed E-state index contributed by atoms with van der Waals surface area (Å²) in [6.07, 6.45) is -2.74. The fourth-order valence-electron chi connectivity index (χ4n) is 3.45. The number of fused-ring (bicyclic) bond motifs is 2. The lowest BCUT2D eigenvalue weighted by molar-refractivity contribution is -0.137. The first-order valence-electron chi connectivity index (χ1n) is 9.82. The molecule has 7 nitrogen and oxygen atoms in total. The van der Waals surface area contributed by atoms with Crippen LogP contribution >= 0.6 is 0 Å². The maximum Gasteiger partial charge on any atom is 0.416 e. The third-order valence-electron chi connectivity index (χ3n) is 5.04. The molecule has 0 radical (unpaired) electrons. The zero-order chi connectivity index (χ0) is 23.2. The van der Waals surface area contributed by atoms with Crippen LogP contribution in [0.2, 0.25) is 0 Å². The van der Waals surface area contributed by atoms with Crippen molar-refractivity contribution in [2.24, 2.45) is 0 Å². The van der Waals surface area contributed by atoms with Crippen LogP contribution < -0.4 is 5.32 Å². The van der Waals surface area contributed by atoms with E-state index in [2.05, 4.69) is 37.8 Å². The fraction of sp³-hybridized carbons (Fsp3) is 0.130. The van der Waals surface area contributed by atoms with E-state index in [1.807, 2.05) is 13.0 Å². The van der Waals surface area contributed by atoms with Gasteiger partial charge in [-0.1, -0.05) is 23.1 Å². The van der Waals surface area contributed by atoms with Gasteiger partial charge in [-0.3, -0.25) is 0 Å². The zero-order valence-corrected chi connectivity index (χ0v) is 17.4. The summed E-state index contributed by atoms with van der Waals surface area (Å²) in [5.41, 5.74) is 3.25. The monoisotopic (exact) mass is 448 g/mol. The molecule has 3 heterocycles. The van der Waals surface area contributed by atoms with Crippen LogP contribution in [0.5, 0.6) is 0 Å². The van der Waals surface area contributed by atoms with E-state index in [-0.39, 0.29) is 5.69 Å². The highest BCUT2D eigenvalue weighted by Crippen LogP contribution is 2.34. The number of nitrogens with zero attached hydrogens (tertiary/aromatic N) is 5. The van der Waals surface area contributed by atoms with Crippen LogP contribution in [-0.2, 0) is 6.18 Å². The van der Waals surface area contributed by atoms with Gasteiger partial charge in [0.1, 0.15) is 0 Å². The molecule has 2 aromatic carbocycles. The van der Waals surface area contributed by atoms with E-state index in [1.165, 1.54) is 4.52 Å². The van der Waals surface area contributed by atoms with Crippen molar-refractivity contribution in [1.29, 1.82) is 0 Å². The lowest BCUT2D eigenvalue weighted by Gasteiger charge is -2.11. The average Bonchev–Trinajstić information content (AvgIpc) is 3.38. The minimum Gasteiger partial charge on any atom is -0.353 e. The van der Waals surface area contributed by atoms with Gasteiger partial charge in [0.05, 0.1) is 16.5 Å². The summed E-state index contributed by atoms with van der Waals surface area (Å²) in [6, 6.07) is 11.0. The Labute approximate surface area is 185 Å². The van der Waals surface area contributed by atoms with Gasteiger partial charge >= 0.3 is 6.18 Å². The highest BCUT2D eigenvalue weighted by Gasteiger charge is 2.31. The number of alkyl halides is 3. The van der Waals surface area contributed by atoms with Gasteiger partial charge in [-0.05, 0) is 71.8 Å². The number of anilines is 2. The molecule has 0 aliphatic rings. The molecule has 164 valence electrons. The second kappa shape index (κ2) is 7.63. The van der Waals surface area contributed by atoms with Crippen LogP contribution in [-0.4, -0.2) is 25.2 Å². The van der Waals surface area contributed by atoms with Gasteiger partial charge in [0.2, 0.25) is 0 Å². The predicted octanol–water partition coefficient (Wildman–Crippen LogP) is 5.04. The summed E-state index contributed by atoms with van der Waals surface area (Å²) in [6.45, 7) is 3.49. The molecule has 3 aromatic heterocycles. The highest BCUT2D eigenvalue weighted by atomic mass is 19.4. The molecule has 5 aromatic rings. The maximum atomic E-state index is 13.2. The van der Waals surface area contributed by atoms with Gasteiger partial charge in [0.15, 0.2) is 17.0 Å². The number of tetrazole rings is 1. The van der Waals surface area contributed by atoms with Gasteiger partial charge in [-0.15, -0.1) is 5.10 Å². The van der Waals surface area contributed by atoms with E-state index in [1.54, 1.807) is 37.4 Å². The quantitative estimate of drug-likeness (QED) is 0.381. The van der Waals surface area contributed by atoms with E-state index in [0.717, 1.165) is 17.7 Å². The van der Waals surface area contributed by atoms with Crippen LogP contribution in [0.1, 0.15) is 27.8 Å². The van der Waals surface area contributed by atoms with Crippen molar-refractivity contribution in [3.8, 4) is 11.8 Å². The van der Waals surface area contributed by atoms with Crippen molar-refractivity contribution >= 4 is 28.1 Å². The Morgan fingerprint density at radius 1 is 1.03 bits per heavy atom. The van der Waals surface area contributed by atoms with Crippen LogP contribution in [0.3, 0.4) is 0 Å². The van der Waals surface area contributed by atoms with Crippen molar-refractivity contribution in [1.82, 2.24) is 25.2 Å². The molecule has 33 heavy (non-hydrogen) atoms. The second-order valence-corrected chi connectivity index (χ2v) is 7.53. The molecule has 0 amide bonds. The molecule has 1 N–H and O–H groups in total. The summed E-state index contributed by atoms with van der Waals surface area (Å²) >= 11 is 0. The average molecular weight is 448 g/mol. The summed E-state index contributed by atoms with van der Waals surface area (Å²) < 4.78 is 46.6. The summed E-state index contributed by atoms with van der Waals surface area (Å²) in [4.78, 5) is 0. The number of halogens is 3. The Bertz CT molecular complexity index is 1570. The highest BCUT2D eigenvalue weighted by molar-refractivity contribution is 5.94. The van der Waals surface area contributed by atoms with E-state index in [4.69, 9.17) is 4.52 Å². The number of benzene rings is 2. The number of hydrogen-bond donors (Lipinski definition) is 1. The smallest absolute Gasteiger partial charge is 0.353 e. The molecular formula is C23H15F3N6O. The Hall–Kier alpha value is -4.39. The molecule has 0 bridgehead atoms. The molecule has 0 spiro atoms. The molecule has 0 unspecified atom stereocenters. The third-order valence-corrected chi connectivity index (χ3v) is 5.04. The lowest BCUT2D eigenvalue weighted by Crippen LogP contribution is -2.06. The number of aromatic nitrogens is 5. The Morgan fingerprint density at radius 2 is 1.88 bits per heavy atom. The molecule has 0 aliphatic heterocycles. The van der Waals surface area contributed by atoms with Crippen molar-refractivity contribution in [2.45, 2.75) is 20.0 Å². The largest absolute Gasteiger partial charge is 0.416 e. The molecule has 10 heteroatoms. The summed E-state index contributed by atoms with van der Waals surface area (Å²) in [5.74, 6) is 6.48. The molecule has 0 saturated heterocycles. The maximum absolute atomic E-state index is 13.2. The fourth-order valence-corrected chi connectivity index (χ4v) is 3.45. The third kappa shape index (κ3) is 3.96. The second-order valence-electron chi connectivity index (χ2n) is 7.53. The summed E-state index contributed by atoms with van der Waals surface area (Å²) in [5, 5.41) is 18.9. The Kier molecular flexibility index (Phi) is 4.74. The Balaban J connectivity index is 1.52. The first-order valence-corrected chi connectivity index (χ1v) is 9.82. The topological polar surface area (TPSA) is 81.1 Å². The van der Waals surface area contributed by atoms with E-state index >= 15 is 0 Å². The van der Waals surface area contributed by atoms with Crippen molar-refractivity contribution in [3.05, 3.63) is 76.5 Å². The number of nitrogens with one attached hydrogen (secondary N) is 1. The standard InChI is InChI=1S/C23H15F3N6O/c1-13-9-16(23(24,25)26)11-17(10-13)27-22-19-6-3-14(2)18(21(19)33-29-22)7-4-15-5-8-20-28-30-31-32(20)12-15/h3,5-6,8-12H,1-2H3,(H,27,29). The SMILES string of the molecule is Cc1cc(Nc2noc3c(C#Cc4ccc5nnnn5c4)c(C)ccc23)cc(C(F)(F)F)c1. The molecule has 0 saturated carbocycles. The van der Waals surface area contributed by atoms with Gasteiger partial charge < -0.3 is 9.84 Å². The van der Waals surface area contributed by atoms with E-state index < -0.39 is 11.7 Å². The molecule has 0 fully saturated rings. The van der Waals surface area contributed by atoms with Crippen molar-refractivity contribution in [2.75, 3.05) is 5.32 Å². The van der Waals surface area contributed by atoms with E-state index in [9.17, 15) is 13.2 Å². The van der Waals surface area contributed by atoms with Crippen LogP contribution in [0, 0.1) is 25.7 Å². The Morgan fingerprint density at radius 3 is 2.70 bits per heavy atom. The van der Waals surface area contributed by atoms with Gasteiger partial charge in [0.25, 0.3) is 0 Å². The number of hydrogen-bond acceptors (Lipinski definition) is 6. The van der Waals surface area contributed by atoms with Gasteiger partial charge in [-0.25, -0.2) is 0 Å². The normalized spacial score (nSPS) is 11.5. The molecular weight excluding hydrogens is 433 g/mol. The van der Waals surface area contributed by atoms with Gasteiger partial charge in [0, 0.05) is 17.4 Å². The van der Waals surface area contributed by atoms with Crippen LogP contribution in [0.4, 0.5) is 24.7 Å². The number of aryl methyl sites for hydroxylation is 2. The number of rotatable bonds is 2.